The number of tetrazole rings is 1. The summed E-state index contributed by atoms with van der Waals surface area (Å²) in [5.74, 6) is -0.970. The van der Waals surface area contributed by atoms with Gasteiger partial charge in [-0.05, 0) is 28.6 Å². The predicted molar refractivity (Wildman–Crippen MR) is 61.3 cm³/mol. The molecule has 9 heteroatoms. The molecule has 0 aromatic carbocycles. The van der Waals surface area contributed by atoms with Gasteiger partial charge in [0.25, 0.3) is 0 Å². The van der Waals surface area contributed by atoms with Crippen LogP contribution < -0.4 is 0 Å². The molecular weight excluding hydrogens is 262 g/mol. The van der Waals surface area contributed by atoms with Crippen molar-refractivity contribution in [2.24, 2.45) is 0 Å². The number of aromatic carboxylic acids is 1. The van der Waals surface area contributed by atoms with Crippen molar-refractivity contribution < 1.29 is 9.90 Å². The second-order valence-electron chi connectivity index (χ2n) is 3.08. The number of carboxylic acids is 1. The average Bonchev–Trinajstić information content (AvgIpc) is 2.90. The van der Waals surface area contributed by atoms with Crippen molar-refractivity contribution in [2.45, 2.75) is 29.4 Å². The van der Waals surface area contributed by atoms with Crippen LogP contribution in [0.15, 0.2) is 15.7 Å². The fourth-order valence-corrected chi connectivity index (χ4v) is 2.82. The van der Waals surface area contributed by atoms with E-state index in [4.69, 9.17) is 5.11 Å². The van der Waals surface area contributed by atoms with Crippen molar-refractivity contribution in [2.75, 3.05) is 0 Å². The van der Waals surface area contributed by atoms with Gasteiger partial charge in [-0.3, -0.25) is 0 Å². The van der Waals surface area contributed by atoms with Gasteiger partial charge in [-0.15, -0.1) is 16.4 Å². The monoisotopic (exact) mass is 271 g/mol. The molecule has 0 radical (unpaired) electrons. The third-order valence-corrected chi connectivity index (χ3v) is 3.84. The van der Waals surface area contributed by atoms with Crippen molar-refractivity contribution in [1.29, 1.82) is 0 Å². The zero-order chi connectivity index (χ0) is 12.3. The van der Waals surface area contributed by atoms with Gasteiger partial charge in [0.1, 0.15) is 4.88 Å². The molecule has 0 bridgehead atoms. The predicted octanol–water partition coefficient (Wildman–Crippen LogP) is 1.39. The van der Waals surface area contributed by atoms with E-state index < -0.39 is 5.97 Å². The topological polar surface area (TPSA) is 93.8 Å². The Morgan fingerprint density at radius 3 is 3.12 bits per heavy atom. The molecule has 0 fully saturated rings. The lowest BCUT2D eigenvalue weighted by atomic mass is 10.5. The summed E-state index contributed by atoms with van der Waals surface area (Å²) in [6, 6.07) is 0. The van der Waals surface area contributed by atoms with Crippen molar-refractivity contribution in [1.82, 2.24) is 25.2 Å². The largest absolute Gasteiger partial charge is 0.477 e. The Balaban J connectivity index is 2.13. The van der Waals surface area contributed by atoms with Gasteiger partial charge in [-0.25, -0.2) is 14.5 Å². The van der Waals surface area contributed by atoms with E-state index in [9.17, 15) is 4.79 Å². The molecule has 0 aliphatic rings. The van der Waals surface area contributed by atoms with E-state index >= 15 is 0 Å². The summed E-state index contributed by atoms with van der Waals surface area (Å²) in [7, 11) is 0. The highest BCUT2D eigenvalue weighted by molar-refractivity contribution is 8.00. The first-order valence-electron chi connectivity index (χ1n) is 4.84. The summed E-state index contributed by atoms with van der Waals surface area (Å²) in [4.78, 5) is 14.9. The van der Waals surface area contributed by atoms with E-state index in [2.05, 4.69) is 20.5 Å². The van der Waals surface area contributed by atoms with E-state index in [0.717, 1.165) is 24.3 Å². The Kier molecular flexibility index (Phi) is 3.69. The normalized spacial score (nSPS) is 10.6. The molecule has 0 saturated heterocycles. The van der Waals surface area contributed by atoms with Gasteiger partial charge in [-0.1, -0.05) is 6.92 Å². The SMILES string of the molecule is CCCn1nnnc1Sc1ncc(C(=O)O)s1. The maximum atomic E-state index is 10.7. The minimum atomic E-state index is -0.970. The molecular formula is C8H9N5O2S2. The van der Waals surface area contributed by atoms with E-state index in [1.807, 2.05) is 6.92 Å². The van der Waals surface area contributed by atoms with Crippen LogP contribution in [0.1, 0.15) is 23.0 Å². The van der Waals surface area contributed by atoms with Gasteiger partial charge in [0, 0.05) is 6.54 Å². The second kappa shape index (κ2) is 5.23. The molecule has 90 valence electrons. The molecule has 0 atom stereocenters. The number of hydrogen-bond donors (Lipinski definition) is 1. The third kappa shape index (κ3) is 2.80. The number of hydrogen-bond acceptors (Lipinski definition) is 7. The number of carboxylic acid groups (broad SMARTS) is 1. The molecule has 0 amide bonds. The Morgan fingerprint density at radius 2 is 2.47 bits per heavy atom. The van der Waals surface area contributed by atoms with E-state index in [-0.39, 0.29) is 4.88 Å². The number of nitrogens with zero attached hydrogens (tertiary/aromatic N) is 5. The fraction of sp³-hybridized carbons (Fsp3) is 0.375. The highest BCUT2D eigenvalue weighted by Gasteiger charge is 2.13. The van der Waals surface area contributed by atoms with Crippen LogP contribution in [0.5, 0.6) is 0 Å². The lowest BCUT2D eigenvalue weighted by molar-refractivity contribution is 0.0702. The van der Waals surface area contributed by atoms with Crippen LogP contribution in [0.2, 0.25) is 0 Å². The molecule has 0 spiro atoms. The summed E-state index contributed by atoms with van der Waals surface area (Å²) in [6.45, 7) is 2.76. The average molecular weight is 271 g/mol. The minimum Gasteiger partial charge on any atom is -0.477 e. The second-order valence-corrected chi connectivity index (χ2v) is 5.33. The van der Waals surface area contributed by atoms with Crippen molar-refractivity contribution in [3.8, 4) is 0 Å². The number of rotatable bonds is 5. The quantitative estimate of drug-likeness (QED) is 0.878. The van der Waals surface area contributed by atoms with E-state index in [1.54, 1.807) is 4.68 Å². The minimum absolute atomic E-state index is 0.210. The molecule has 2 rings (SSSR count). The molecule has 1 N–H and O–H groups in total. The lowest BCUT2D eigenvalue weighted by Crippen LogP contribution is -2.00. The summed E-state index contributed by atoms with van der Waals surface area (Å²) in [5.41, 5.74) is 0. The summed E-state index contributed by atoms with van der Waals surface area (Å²) >= 11 is 2.38. The zero-order valence-corrected chi connectivity index (χ0v) is 10.5. The maximum absolute atomic E-state index is 10.7. The first kappa shape index (κ1) is 12.0. The lowest BCUT2D eigenvalue weighted by Gasteiger charge is -1.98. The Bertz CT molecular complexity index is 523. The molecule has 0 aliphatic heterocycles. The Morgan fingerprint density at radius 1 is 1.65 bits per heavy atom. The molecule has 2 heterocycles. The molecule has 17 heavy (non-hydrogen) atoms. The maximum Gasteiger partial charge on any atom is 0.347 e. The molecule has 2 aromatic rings. The van der Waals surface area contributed by atoms with Gasteiger partial charge in [0.15, 0.2) is 4.34 Å². The zero-order valence-electron chi connectivity index (χ0n) is 8.90. The number of aryl methyl sites for hydroxylation is 1. The number of carbonyl (C=O) groups is 1. The molecule has 0 saturated carbocycles. The van der Waals surface area contributed by atoms with Crippen molar-refractivity contribution in [3.63, 3.8) is 0 Å². The van der Waals surface area contributed by atoms with Crippen LogP contribution in [0.3, 0.4) is 0 Å². The van der Waals surface area contributed by atoms with Gasteiger partial charge < -0.3 is 5.11 Å². The highest BCUT2D eigenvalue weighted by atomic mass is 32.2. The standard InChI is InChI=1S/C8H9N5O2S2/c1-2-3-13-7(10-11-12-13)17-8-9-4-5(16-8)6(14)15/h4H,2-3H2,1H3,(H,14,15). The Hall–Kier alpha value is -1.48. The van der Waals surface area contributed by atoms with Crippen LogP contribution in [0.4, 0.5) is 0 Å². The fourth-order valence-electron chi connectivity index (χ4n) is 1.10. The first-order chi connectivity index (χ1) is 8.20. The summed E-state index contributed by atoms with van der Waals surface area (Å²) in [6.07, 6.45) is 2.26. The Labute approximate surface area is 105 Å². The summed E-state index contributed by atoms with van der Waals surface area (Å²) in [5, 5.41) is 20.7. The van der Waals surface area contributed by atoms with Crippen LogP contribution in [0, 0.1) is 0 Å². The van der Waals surface area contributed by atoms with Crippen LogP contribution in [-0.4, -0.2) is 36.3 Å². The van der Waals surface area contributed by atoms with Crippen LogP contribution in [-0.2, 0) is 6.54 Å². The molecule has 0 aliphatic carbocycles. The van der Waals surface area contributed by atoms with E-state index in [0.29, 0.717) is 9.50 Å². The number of aromatic nitrogens is 5. The van der Waals surface area contributed by atoms with Gasteiger partial charge in [0.2, 0.25) is 5.16 Å². The molecule has 2 aromatic heterocycles. The van der Waals surface area contributed by atoms with Gasteiger partial charge in [0.05, 0.1) is 6.20 Å². The first-order valence-corrected chi connectivity index (χ1v) is 6.47. The van der Waals surface area contributed by atoms with Crippen LogP contribution in [0.25, 0.3) is 0 Å². The van der Waals surface area contributed by atoms with E-state index in [1.165, 1.54) is 18.0 Å². The summed E-state index contributed by atoms with van der Waals surface area (Å²) < 4.78 is 2.29. The molecule has 0 unspecified atom stereocenters. The van der Waals surface area contributed by atoms with Gasteiger partial charge in [-0.2, -0.15) is 0 Å². The van der Waals surface area contributed by atoms with Gasteiger partial charge >= 0.3 is 5.97 Å². The third-order valence-electron chi connectivity index (χ3n) is 1.81. The smallest absolute Gasteiger partial charge is 0.347 e. The number of thiazole rings is 1. The van der Waals surface area contributed by atoms with Crippen molar-refractivity contribution in [3.05, 3.63) is 11.1 Å². The van der Waals surface area contributed by atoms with Crippen molar-refractivity contribution >= 4 is 29.1 Å². The molecule has 7 nitrogen and oxygen atoms in total. The van der Waals surface area contributed by atoms with Crippen LogP contribution >= 0.6 is 23.1 Å². The highest BCUT2D eigenvalue weighted by Crippen LogP contribution is 2.29.